The molecule has 1 heterocycles. The second-order valence-corrected chi connectivity index (χ2v) is 7.66. The zero-order chi connectivity index (χ0) is 19.8. The number of hydrogen-bond donors (Lipinski definition) is 1. The van der Waals surface area contributed by atoms with E-state index in [2.05, 4.69) is 70.7 Å². The van der Waals surface area contributed by atoms with Gasteiger partial charge in [0.2, 0.25) is 0 Å². The number of esters is 1. The minimum absolute atomic E-state index is 0.0779. The van der Waals surface area contributed by atoms with Gasteiger partial charge < -0.3 is 14.8 Å². The van der Waals surface area contributed by atoms with E-state index in [4.69, 9.17) is 4.74 Å². The maximum absolute atomic E-state index is 11.3. The molecule has 3 aromatic carbocycles. The molecule has 0 saturated carbocycles. The number of methoxy groups -OCH3 is 1. The van der Waals surface area contributed by atoms with Crippen LogP contribution in [0.25, 0.3) is 10.8 Å². The Balaban J connectivity index is 1.47. The molecule has 4 heteroatoms. The van der Waals surface area contributed by atoms with Crippen molar-refractivity contribution in [1.29, 1.82) is 0 Å². The number of ether oxygens (including phenoxy) is 2. The van der Waals surface area contributed by atoms with E-state index >= 15 is 0 Å². The average Bonchev–Trinajstić information content (AvgIpc) is 3.27. The third-order valence-electron chi connectivity index (χ3n) is 6.08. The summed E-state index contributed by atoms with van der Waals surface area (Å²) < 4.78 is 10.1. The summed E-state index contributed by atoms with van der Waals surface area (Å²) in [6, 6.07) is 21.3. The molecular formula is C25H23NO3. The van der Waals surface area contributed by atoms with E-state index in [-0.39, 0.29) is 18.6 Å². The van der Waals surface area contributed by atoms with E-state index in [9.17, 15) is 4.79 Å². The maximum atomic E-state index is 11.3. The van der Waals surface area contributed by atoms with Crippen LogP contribution in [0.3, 0.4) is 0 Å². The van der Waals surface area contributed by atoms with Gasteiger partial charge in [-0.15, -0.1) is 0 Å². The van der Waals surface area contributed by atoms with Gasteiger partial charge in [-0.2, -0.15) is 0 Å². The Morgan fingerprint density at radius 3 is 2.72 bits per heavy atom. The summed E-state index contributed by atoms with van der Waals surface area (Å²) in [6.07, 6.45) is 5.73. The Morgan fingerprint density at radius 1 is 1.07 bits per heavy atom. The molecule has 0 unspecified atom stereocenters. The molecule has 4 nitrogen and oxygen atoms in total. The van der Waals surface area contributed by atoms with Crippen molar-refractivity contribution in [2.75, 3.05) is 19.0 Å². The standard InChI is InChI=1S/C25H23NO3/c1-28-23(27)15-29-18-12-9-17(10-13-18)24-21-8-4-7-20(21)22-14-11-16-5-2-3-6-19(16)25(22)26-24/h2-7,9-14,20-21,24,26H,8,15H2,1H3/t20-,21+,24+/m1/s1. The van der Waals surface area contributed by atoms with E-state index in [0.29, 0.717) is 17.6 Å². The van der Waals surface area contributed by atoms with Gasteiger partial charge >= 0.3 is 5.97 Å². The highest BCUT2D eigenvalue weighted by atomic mass is 16.6. The number of carbonyl (C=O) groups is 1. The highest BCUT2D eigenvalue weighted by Crippen LogP contribution is 2.51. The lowest BCUT2D eigenvalue weighted by molar-refractivity contribution is -0.142. The Hall–Kier alpha value is -3.27. The molecule has 1 N–H and O–H groups in total. The summed E-state index contributed by atoms with van der Waals surface area (Å²) in [5.74, 6) is 1.20. The molecule has 0 amide bonds. The first-order valence-electron chi connectivity index (χ1n) is 9.99. The number of rotatable bonds is 4. The molecular weight excluding hydrogens is 362 g/mol. The molecule has 0 radical (unpaired) electrons. The molecule has 0 fully saturated rings. The van der Waals surface area contributed by atoms with Crippen LogP contribution in [0.2, 0.25) is 0 Å². The van der Waals surface area contributed by atoms with E-state index in [1.54, 1.807) is 0 Å². The quantitative estimate of drug-likeness (QED) is 0.494. The van der Waals surface area contributed by atoms with Crippen LogP contribution in [0, 0.1) is 5.92 Å². The van der Waals surface area contributed by atoms with Crippen LogP contribution in [-0.2, 0) is 9.53 Å². The number of carbonyl (C=O) groups excluding carboxylic acids is 1. The lowest BCUT2D eigenvalue weighted by atomic mass is 9.76. The van der Waals surface area contributed by atoms with Gasteiger partial charge in [0, 0.05) is 17.0 Å². The van der Waals surface area contributed by atoms with E-state index in [0.717, 1.165) is 6.42 Å². The Bertz CT molecular complexity index is 1090. The monoisotopic (exact) mass is 385 g/mol. The molecule has 0 spiro atoms. The fraction of sp³-hybridized carbons (Fsp3) is 0.240. The van der Waals surface area contributed by atoms with E-state index in [1.807, 2.05) is 12.1 Å². The molecule has 146 valence electrons. The number of hydrogen-bond acceptors (Lipinski definition) is 4. The summed E-state index contributed by atoms with van der Waals surface area (Å²) in [4.78, 5) is 11.3. The smallest absolute Gasteiger partial charge is 0.343 e. The first-order chi connectivity index (χ1) is 14.2. The van der Waals surface area contributed by atoms with Gasteiger partial charge in [0.25, 0.3) is 0 Å². The highest BCUT2D eigenvalue weighted by Gasteiger charge is 2.38. The van der Waals surface area contributed by atoms with Crippen molar-refractivity contribution >= 4 is 22.4 Å². The molecule has 0 aromatic heterocycles. The van der Waals surface area contributed by atoms with Gasteiger partial charge in [0.05, 0.1) is 13.2 Å². The molecule has 1 aliphatic heterocycles. The zero-order valence-corrected chi connectivity index (χ0v) is 16.3. The largest absolute Gasteiger partial charge is 0.482 e. The predicted molar refractivity (Wildman–Crippen MR) is 114 cm³/mol. The SMILES string of the molecule is COC(=O)COc1ccc([C@@H]2Nc3c(ccc4ccccc34)[C@@H]3C=CC[C@@H]32)cc1. The van der Waals surface area contributed by atoms with Gasteiger partial charge in [-0.25, -0.2) is 4.79 Å². The fourth-order valence-corrected chi connectivity index (χ4v) is 4.64. The van der Waals surface area contributed by atoms with Gasteiger partial charge in [-0.05, 0) is 41.0 Å². The van der Waals surface area contributed by atoms with Crippen molar-refractivity contribution in [2.45, 2.75) is 18.4 Å². The molecule has 3 atom stereocenters. The molecule has 2 aliphatic rings. The summed E-state index contributed by atoms with van der Waals surface area (Å²) in [5, 5.41) is 6.38. The third-order valence-corrected chi connectivity index (χ3v) is 6.08. The highest BCUT2D eigenvalue weighted by molar-refractivity contribution is 5.96. The van der Waals surface area contributed by atoms with Crippen LogP contribution in [-0.4, -0.2) is 19.7 Å². The summed E-state index contributed by atoms with van der Waals surface area (Å²) in [5.41, 5.74) is 3.86. The molecule has 5 rings (SSSR count). The van der Waals surface area contributed by atoms with Crippen LogP contribution in [0.15, 0.2) is 72.8 Å². The summed E-state index contributed by atoms with van der Waals surface area (Å²) >= 11 is 0. The molecule has 29 heavy (non-hydrogen) atoms. The third kappa shape index (κ3) is 3.15. The normalized spacial score (nSPS) is 21.9. The second kappa shape index (κ2) is 7.28. The van der Waals surface area contributed by atoms with Crippen molar-refractivity contribution < 1.29 is 14.3 Å². The van der Waals surface area contributed by atoms with Crippen LogP contribution < -0.4 is 10.1 Å². The van der Waals surface area contributed by atoms with Crippen molar-refractivity contribution in [1.82, 2.24) is 0 Å². The fourth-order valence-electron chi connectivity index (χ4n) is 4.64. The van der Waals surface area contributed by atoms with E-state index < -0.39 is 0 Å². The summed E-state index contributed by atoms with van der Waals surface area (Å²) in [6.45, 7) is -0.0779. The number of anilines is 1. The second-order valence-electron chi connectivity index (χ2n) is 7.66. The minimum atomic E-state index is -0.383. The number of benzene rings is 3. The van der Waals surface area contributed by atoms with Gasteiger partial charge in [-0.1, -0.05) is 60.7 Å². The molecule has 0 bridgehead atoms. The number of allylic oxidation sites excluding steroid dienone is 2. The van der Waals surface area contributed by atoms with Crippen molar-refractivity contribution in [2.24, 2.45) is 5.92 Å². The van der Waals surface area contributed by atoms with Gasteiger partial charge in [-0.3, -0.25) is 0 Å². The van der Waals surface area contributed by atoms with Gasteiger partial charge in [0.1, 0.15) is 5.75 Å². The van der Waals surface area contributed by atoms with Crippen molar-refractivity contribution in [3.8, 4) is 5.75 Å². The lowest BCUT2D eigenvalue weighted by Gasteiger charge is -2.38. The first kappa shape index (κ1) is 17.8. The predicted octanol–water partition coefficient (Wildman–Crippen LogP) is 5.22. The van der Waals surface area contributed by atoms with Gasteiger partial charge in [0.15, 0.2) is 6.61 Å². The minimum Gasteiger partial charge on any atom is -0.482 e. The van der Waals surface area contributed by atoms with Crippen molar-refractivity contribution in [3.05, 3.63) is 83.9 Å². The number of fused-ring (bicyclic) bond motifs is 5. The zero-order valence-electron chi connectivity index (χ0n) is 16.3. The first-order valence-corrected chi connectivity index (χ1v) is 9.99. The number of nitrogens with one attached hydrogen (secondary N) is 1. The summed E-state index contributed by atoms with van der Waals surface area (Å²) in [7, 11) is 1.36. The average molecular weight is 385 g/mol. The Kier molecular flexibility index (Phi) is 4.47. The molecule has 3 aromatic rings. The Labute approximate surface area is 170 Å². The molecule has 1 aliphatic carbocycles. The maximum Gasteiger partial charge on any atom is 0.343 e. The van der Waals surface area contributed by atoms with E-state index in [1.165, 1.54) is 34.7 Å². The van der Waals surface area contributed by atoms with Crippen LogP contribution in [0.4, 0.5) is 5.69 Å². The lowest BCUT2D eigenvalue weighted by Crippen LogP contribution is -2.29. The molecule has 0 saturated heterocycles. The van der Waals surface area contributed by atoms with Crippen molar-refractivity contribution in [3.63, 3.8) is 0 Å². The van der Waals surface area contributed by atoms with Crippen LogP contribution >= 0.6 is 0 Å². The van der Waals surface area contributed by atoms with Crippen LogP contribution in [0.1, 0.15) is 29.5 Å². The van der Waals surface area contributed by atoms with Crippen LogP contribution in [0.5, 0.6) is 5.75 Å². The topological polar surface area (TPSA) is 47.6 Å². The Morgan fingerprint density at radius 2 is 1.90 bits per heavy atom.